The van der Waals surface area contributed by atoms with Crippen molar-refractivity contribution in [1.82, 2.24) is 9.88 Å². The number of hydrogen-bond acceptors (Lipinski definition) is 3. The summed E-state index contributed by atoms with van der Waals surface area (Å²) in [4.78, 5) is 18.0. The number of aromatic nitrogens is 1. The average Bonchev–Trinajstić information content (AvgIpc) is 2.36. The Bertz CT molecular complexity index is 623. The van der Waals surface area contributed by atoms with E-state index >= 15 is 0 Å². The summed E-state index contributed by atoms with van der Waals surface area (Å²) in [5.41, 5.74) is 7.92. The molecular weight excluding hydrogens is 274 g/mol. The third kappa shape index (κ3) is 3.48. The van der Waals surface area contributed by atoms with Gasteiger partial charge in [-0.2, -0.15) is 0 Å². The highest BCUT2D eigenvalue weighted by molar-refractivity contribution is 6.30. The monoisotopic (exact) mass is 289 g/mol. The van der Waals surface area contributed by atoms with Crippen LogP contribution in [0.5, 0.6) is 0 Å². The van der Waals surface area contributed by atoms with Crippen LogP contribution in [0.25, 0.3) is 0 Å². The smallest absolute Gasteiger partial charge is 0.254 e. The highest BCUT2D eigenvalue weighted by Gasteiger charge is 2.13. The first-order chi connectivity index (χ1) is 9.45. The van der Waals surface area contributed by atoms with Crippen molar-refractivity contribution in [2.45, 2.75) is 13.5 Å². The molecule has 0 aliphatic rings. The molecule has 0 spiro atoms. The summed E-state index contributed by atoms with van der Waals surface area (Å²) < 4.78 is 0. The van der Waals surface area contributed by atoms with Gasteiger partial charge in [0.05, 0.1) is 0 Å². The standard InChI is InChI=1S/C15H16ClN3O/c1-10-6-12(8-14(17)18-10)15(20)19(2)9-11-4-3-5-13(16)7-11/h3-8H,9H2,1-2H3,(H2,17,18). The lowest BCUT2D eigenvalue weighted by atomic mass is 10.1. The number of halogens is 1. The number of hydrogen-bond donors (Lipinski definition) is 1. The summed E-state index contributed by atoms with van der Waals surface area (Å²) >= 11 is 5.94. The molecule has 0 atom stereocenters. The molecule has 0 aliphatic carbocycles. The average molecular weight is 290 g/mol. The molecule has 2 N–H and O–H groups in total. The van der Waals surface area contributed by atoms with Gasteiger partial charge in [0.15, 0.2) is 0 Å². The Hall–Kier alpha value is -2.07. The molecule has 4 nitrogen and oxygen atoms in total. The first kappa shape index (κ1) is 14.3. The summed E-state index contributed by atoms with van der Waals surface area (Å²) in [7, 11) is 1.75. The van der Waals surface area contributed by atoms with Crippen molar-refractivity contribution >= 4 is 23.3 Å². The van der Waals surface area contributed by atoms with E-state index in [-0.39, 0.29) is 5.91 Å². The highest BCUT2D eigenvalue weighted by Crippen LogP contribution is 2.14. The van der Waals surface area contributed by atoms with Crippen molar-refractivity contribution in [3.63, 3.8) is 0 Å². The molecule has 0 unspecified atom stereocenters. The van der Waals surface area contributed by atoms with E-state index in [0.717, 1.165) is 11.3 Å². The predicted octanol–water partition coefficient (Wildman–Crippen LogP) is 2.90. The van der Waals surface area contributed by atoms with Crippen LogP contribution in [-0.4, -0.2) is 22.8 Å². The molecule has 104 valence electrons. The largest absolute Gasteiger partial charge is 0.384 e. The number of amides is 1. The number of aryl methyl sites for hydroxylation is 1. The Morgan fingerprint density at radius 1 is 1.35 bits per heavy atom. The number of nitrogen functional groups attached to an aromatic ring is 1. The third-order valence-corrected chi connectivity index (χ3v) is 3.11. The lowest BCUT2D eigenvalue weighted by Crippen LogP contribution is -2.26. The Morgan fingerprint density at radius 3 is 2.75 bits per heavy atom. The lowest BCUT2D eigenvalue weighted by molar-refractivity contribution is 0.0785. The molecule has 1 aromatic heterocycles. The second kappa shape index (κ2) is 5.92. The number of carbonyl (C=O) groups excluding carboxylic acids is 1. The van der Waals surface area contributed by atoms with Crippen molar-refractivity contribution in [2.75, 3.05) is 12.8 Å². The zero-order valence-corrected chi connectivity index (χ0v) is 12.2. The van der Waals surface area contributed by atoms with Gasteiger partial charge in [0.1, 0.15) is 5.82 Å². The van der Waals surface area contributed by atoms with Crippen molar-refractivity contribution in [1.29, 1.82) is 0 Å². The van der Waals surface area contributed by atoms with Crippen LogP contribution >= 0.6 is 11.6 Å². The summed E-state index contributed by atoms with van der Waals surface area (Å²) in [6, 6.07) is 10.8. The van der Waals surface area contributed by atoms with Crippen LogP contribution in [0.3, 0.4) is 0 Å². The van der Waals surface area contributed by atoms with Gasteiger partial charge >= 0.3 is 0 Å². The lowest BCUT2D eigenvalue weighted by Gasteiger charge is -2.18. The second-order valence-electron chi connectivity index (χ2n) is 4.71. The van der Waals surface area contributed by atoms with E-state index in [1.54, 1.807) is 30.1 Å². The minimum Gasteiger partial charge on any atom is -0.384 e. The molecule has 20 heavy (non-hydrogen) atoms. The fourth-order valence-electron chi connectivity index (χ4n) is 2.02. The van der Waals surface area contributed by atoms with E-state index in [0.29, 0.717) is 22.9 Å². The zero-order chi connectivity index (χ0) is 14.7. The Balaban J connectivity index is 2.16. The van der Waals surface area contributed by atoms with E-state index in [4.69, 9.17) is 17.3 Å². The van der Waals surface area contributed by atoms with Crippen LogP contribution < -0.4 is 5.73 Å². The maximum Gasteiger partial charge on any atom is 0.254 e. The van der Waals surface area contributed by atoms with Crippen LogP contribution in [0.2, 0.25) is 5.02 Å². The maximum absolute atomic E-state index is 12.3. The number of nitrogens with zero attached hydrogens (tertiary/aromatic N) is 2. The third-order valence-electron chi connectivity index (χ3n) is 2.88. The Kier molecular flexibility index (Phi) is 4.25. The second-order valence-corrected chi connectivity index (χ2v) is 5.15. The van der Waals surface area contributed by atoms with Gasteiger partial charge in [0.2, 0.25) is 0 Å². The van der Waals surface area contributed by atoms with Gasteiger partial charge < -0.3 is 10.6 Å². The van der Waals surface area contributed by atoms with Gasteiger partial charge in [0.25, 0.3) is 5.91 Å². The summed E-state index contributed by atoms with van der Waals surface area (Å²) in [5.74, 6) is 0.256. The molecule has 0 saturated heterocycles. The zero-order valence-electron chi connectivity index (χ0n) is 11.4. The van der Waals surface area contributed by atoms with E-state index < -0.39 is 0 Å². The fraction of sp³-hybridized carbons (Fsp3) is 0.200. The number of anilines is 1. The number of benzene rings is 1. The maximum atomic E-state index is 12.3. The van der Waals surface area contributed by atoms with Crippen LogP contribution in [0, 0.1) is 6.92 Å². The summed E-state index contributed by atoms with van der Waals surface area (Å²) in [5, 5.41) is 0.660. The van der Waals surface area contributed by atoms with Crippen LogP contribution in [0.1, 0.15) is 21.6 Å². The number of rotatable bonds is 3. The molecular formula is C15H16ClN3O. The van der Waals surface area contributed by atoms with Gasteiger partial charge in [-0.15, -0.1) is 0 Å². The number of nitrogens with two attached hydrogens (primary N) is 1. The van der Waals surface area contributed by atoms with Gasteiger partial charge in [-0.1, -0.05) is 23.7 Å². The summed E-state index contributed by atoms with van der Waals surface area (Å²) in [6.45, 7) is 2.30. The minimum absolute atomic E-state index is 0.0952. The topological polar surface area (TPSA) is 59.2 Å². The van der Waals surface area contributed by atoms with E-state index in [1.165, 1.54) is 0 Å². The van der Waals surface area contributed by atoms with Crippen molar-refractivity contribution in [2.24, 2.45) is 0 Å². The molecule has 2 rings (SSSR count). The van der Waals surface area contributed by atoms with Crippen molar-refractivity contribution in [3.05, 3.63) is 58.2 Å². The SMILES string of the molecule is Cc1cc(C(=O)N(C)Cc2cccc(Cl)c2)cc(N)n1. The van der Waals surface area contributed by atoms with Crippen LogP contribution in [0.15, 0.2) is 36.4 Å². The minimum atomic E-state index is -0.0952. The van der Waals surface area contributed by atoms with E-state index in [9.17, 15) is 4.79 Å². The number of pyridine rings is 1. The fourth-order valence-corrected chi connectivity index (χ4v) is 2.23. The first-order valence-electron chi connectivity index (χ1n) is 6.20. The Morgan fingerprint density at radius 2 is 2.10 bits per heavy atom. The molecule has 0 radical (unpaired) electrons. The predicted molar refractivity (Wildman–Crippen MR) is 80.6 cm³/mol. The molecule has 5 heteroatoms. The Labute approximate surface area is 123 Å². The molecule has 0 saturated carbocycles. The van der Waals surface area contributed by atoms with Crippen LogP contribution in [0.4, 0.5) is 5.82 Å². The van der Waals surface area contributed by atoms with Gasteiger partial charge in [-0.25, -0.2) is 4.98 Å². The van der Waals surface area contributed by atoms with Gasteiger partial charge in [0, 0.05) is 29.9 Å². The van der Waals surface area contributed by atoms with E-state index in [2.05, 4.69) is 4.98 Å². The van der Waals surface area contributed by atoms with Crippen molar-refractivity contribution in [3.8, 4) is 0 Å². The highest BCUT2D eigenvalue weighted by atomic mass is 35.5. The molecule has 0 aliphatic heterocycles. The molecule has 1 amide bonds. The normalized spacial score (nSPS) is 10.3. The molecule has 2 aromatic rings. The molecule has 1 aromatic carbocycles. The quantitative estimate of drug-likeness (QED) is 0.945. The van der Waals surface area contributed by atoms with Crippen LogP contribution in [-0.2, 0) is 6.54 Å². The molecule has 0 fully saturated rings. The number of carbonyl (C=O) groups is 1. The van der Waals surface area contributed by atoms with Gasteiger partial charge in [-0.3, -0.25) is 4.79 Å². The molecule has 0 bridgehead atoms. The molecule has 1 heterocycles. The summed E-state index contributed by atoms with van der Waals surface area (Å²) in [6.07, 6.45) is 0. The van der Waals surface area contributed by atoms with Gasteiger partial charge in [-0.05, 0) is 36.8 Å². The van der Waals surface area contributed by atoms with Crippen molar-refractivity contribution < 1.29 is 4.79 Å². The van der Waals surface area contributed by atoms with E-state index in [1.807, 2.05) is 25.1 Å². The first-order valence-corrected chi connectivity index (χ1v) is 6.57.